The van der Waals surface area contributed by atoms with E-state index in [-0.39, 0.29) is 33.7 Å². The molecule has 1 aromatic heterocycles. The van der Waals surface area contributed by atoms with E-state index in [0.29, 0.717) is 29.2 Å². The van der Waals surface area contributed by atoms with Gasteiger partial charge in [0.25, 0.3) is 0 Å². The van der Waals surface area contributed by atoms with Crippen LogP contribution in [-0.4, -0.2) is 61.2 Å². The number of aryl methyl sites for hydroxylation is 1. The Kier molecular flexibility index (Phi) is 10.5. The van der Waals surface area contributed by atoms with E-state index < -0.39 is 27.0 Å². The van der Waals surface area contributed by atoms with Crippen molar-refractivity contribution in [1.29, 1.82) is 0 Å². The van der Waals surface area contributed by atoms with Crippen molar-refractivity contribution in [2.45, 2.75) is 88.1 Å². The summed E-state index contributed by atoms with van der Waals surface area (Å²) >= 11 is 6.13. The smallest absolute Gasteiger partial charge is 0.410 e. The van der Waals surface area contributed by atoms with Gasteiger partial charge in [0.05, 0.1) is 28.3 Å². The number of nitrogens with zero attached hydrogens (tertiary/aromatic N) is 3. The van der Waals surface area contributed by atoms with Crippen molar-refractivity contribution < 1.29 is 27.1 Å². The average molecular weight is 697 g/mol. The number of ether oxygens (including phenoxy) is 2. The van der Waals surface area contributed by atoms with E-state index in [1.165, 1.54) is 31.4 Å². The van der Waals surface area contributed by atoms with Gasteiger partial charge in [0.1, 0.15) is 17.2 Å². The highest BCUT2D eigenvalue weighted by Gasteiger charge is 2.30. The van der Waals surface area contributed by atoms with E-state index in [0.717, 1.165) is 42.1 Å². The molecule has 0 saturated heterocycles. The molecule has 3 aromatic carbocycles. The molecular weight excluding hydrogens is 655 g/mol. The second kappa shape index (κ2) is 14.3. The molecule has 0 bridgehead atoms. The molecule has 1 saturated carbocycles. The summed E-state index contributed by atoms with van der Waals surface area (Å²) in [4.78, 5) is 23.6. The summed E-state index contributed by atoms with van der Waals surface area (Å²) < 4.78 is 52.9. The van der Waals surface area contributed by atoms with Gasteiger partial charge in [-0.15, -0.1) is 0 Å². The second-order valence-corrected chi connectivity index (χ2v) is 15.6. The Morgan fingerprint density at radius 2 is 1.79 bits per heavy atom. The topological polar surface area (TPSA) is 111 Å². The minimum atomic E-state index is -3.91. The van der Waals surface area contributed by atoms with Gasteiger partial charge in [-0.3, -0.25) is 0 Å². The summed E-state index contributed by atoms with van der Waals surface area (Å²) in [5.41, 5.74) is 2.37. The molecule has 9 nitrogen and oxygen atoms in total. The zero-order valence-electron chi connectivity index (χ0n) is 28.1. The number of carbonyl (C=O) groups is 1. The quantitative estimate of drug-likeness (QED) is 0.186. The van der Waals surface area contributed by atoms with E-state index >= 15 is 4.39 Å². The molecule has 12 heteroatoms. The van der Waals surface area contributed by atoms with Crippen LogP contribution in [0, 0.1) is 5.82 Å². The lowest BCUT2D eigenvalue weighted by molar-refractivity contribution is 0.0185. The van der Waals surface area contributed by atoms with Crippen LogP contribution in [0.2, 0.25) is 5.02 Å². The molecule has 1 aliphatic rings. The van der Waals surface area contributed by atoms with Crippen LogP contribution in [0.1, 0.15) is 64.5 Å². The molecule has 0 unspecified atom stereocenters. The standard InChI is InChI=1S/C36H42ClFN4O5S/c1-7-22-16-23(28-19-30(38)25(18-31(28)46-6)21-48(44,45)32-11-9-8-10-29(32)37)17-24-20-39-34(41-33(22)24)40-26-12-14-27(15-13-26)42(5)35(43)47-36(2,3)4/h8-11,16-20,26-27H,7,12-15,21H2,1-6H3,(H,39,40,41). The lowest BCUT2D eigenvalue weighted by Gasteiger charge is -2.35. The maximum atomic E-state index is 15.5. The maximum absolute atomic E-state index is 15.5. The maximum Gasteiger partial charge on any atom is 0.410 e. The van der Waals surface area contributed by atoms with Crippen LogP contribution in [0.3, 0.4) is 0 Å². The Hall–Kier alpha value is -3.96. The molecule has 1 heterocycles. The molecular formula is C36H42ClFN4O5S. The van der Waals surface area contributed by atoms with Gasteiger partial charge < -0.3 is 19.7 Å². The molecule has 1 fully saturated rings. The largest absolute Gasteiger partial charge is 0.496 e. The highest BCUT2D eigenvalue weighted by Crippen LogP contribution is 2.37. The van der Waals surface area contributed by atoms with Crippen LogP contribution in [0.4, 0.5) is 15.1 Å². The van der Waals surface area contributed by atoms with Gasteiger partial charge in [-0.25, -0.2) is 27.6 Å². The van der Waals surface area contributed by atoms with Crippen molar-refractivity contribution in [3.63, 3.8) is 0 Å². The molecule has 1 aliphatic carbocycles. The zero-order chi connectivity index (χ0) is 34.8. The lowest BCUT2D eigenvalue weighted by atomic mass is 9.90. The van der Waals surface area contributed by atoms with Crippen molar-refractivity contribution in [1.82, 2.24) is 14.9 Å². The number of hydrogen-bond acceptors (Lipinski definition) is 8. The molecule has 5 rings (SSSR count). The van der Waals surface area contributed by atoms with Crippen LogP contribution < -0.4 is 10.1 Å². The molecule has 0 spiro atoms. The number of halogens is 2. The number of carbonyl (C=O) groups excluding carboxylic acids is 1. The number of benzene rings is 3. The monoisotopic (exact) mass is 696 g/mol. The van der Waals surface area contributed by atoms with E-state index in [4.69, 9.17) is 26.1 Å². The van der Waals surface area contributed by atoms with Crippen molar-refractivity contribution in [3.8, 4) is 16.9 Å². The van der Waals surface area contributed by atoms with Crippen LogP contribution in [0.15, 0.2) is 59.6 Å². The number of aromatic nitrogens is 2. The first-order valence-corrected chi connectivity index (χ1v) is 18.1. The lowest BCUT2D eigenvalue weighted by Crippen LogP contribution is -2.43. The molecule has 0 radical (unpaired) electrons. The second-order valence-electron chi connectivity index (χ2n) is 13.2. The van der Waals surface area contributed by atoms with E-state index in [2.05, 4.69) is 10.3 Å². The van der Waals surface area contributed by atoms with Crippen LogP contribution >= 0.6 is 11.6 Å². The molecule has 1 N–H and O–H groups in total. The highest BCUT2D eigenvalue weighted by molar-refractivity contribution is 7.90. The third kappa shape index (κ3) is 8.01. The third-order valence-electron chi connectivity index (χ3n) is 8.60. The van der Waals surface area contributed by atoms with Gasteiger partial charge in [0, 0.05) is 41.8 Å². The fraction of sp³-hybridized carbons (Fsp3) is 0.417. The zero-order valence-corrected chi connectivity index (χ0v) is 29.7. The number of amides is 1. The van der Waals surface area contributed by atoms with Gasteiger partial charge in [0.15, 0.2) is 9.84 Å². The van der Waals surface area contributed by atoms with Gasteiger partial charge in [-0.1, -0.05) is 30.7 Å². The summed E-state index contributed by atoms with van der Waals surface area (Å²) in [5.74, 6) is -0.360. The summed E-state index contributed by atoms with van der Waals surface area (Å²) in [5, 5.41) is 4.35. The first-order valence-electron chi connectivity index (χ1n) is 16.0. The van der Waals surface area contributed by atoms with Crippen molar-refractivity contribution in [3.05, 3.63) is 76.7 Å². The predicted molar refractivity (Wildman–Crippen MR) is 187 cm³/mol. The van der Waals surface area contributed by atoms with Crippen LogP contribution in [0.25, 0.3) is 22.0 Å². The summed E-state index contributed by atoms with van der Waals surface area (Å²) in [6.45, 7) is 7.62. The van der Waals surface area contributed by atoms with Crippen molar-refractivity contribution in [2.75, 3.05) is 19.5 Å². The number of hydrogen-bond donors (Lipinski definition) is 1. The molecule has 1 amide bonds. The van der Waals surface area contributed by atoms with E-state index in [1.807, 2.05) is 39.8 Å². The first kappa shape index (κ1) is 35.3. The summed E-state index contributed by atoms with van der Waals surface area (Å²) in [6, 6.07) is 13.0. The molecule has 0 aliphatic heterocycles. The molecule has 48 heavy (non-hydrogen) atoms. The number of rotatable bonds is 9. The van der Waals surface area contributed by atoms with E-state index in [9.17, 15) is 13.2 Å². The number of anilines is 1. The molecule has 256 valence electrons. The number of fused-ring (bicyclic) bond motifs is 1. The van der Waals surface area contributed by atoms with Gasteiger partial charge in [-0.05, 0) is 100 Å². The highest BCUT2D eigenvalue weighted by atomic mass is 35.5. The molecule has 0 atom stereocenters. The SMILES string of the molecule is CCc1cc(-c2cc(F)c(CS(=O)(=O)c3ccccc3Cl)cc2OC)cc2cnc(NC3CCC(N(C)C(=O)OC(C)(C)C)CC3)nc12. The summed E-state index contributed by atoms with van der Waals surface area (Å²) in [7, 11) is -0.647. The number of sulfone groups is 1. The fourth-order valence-electron chi connectivity index (χ4n) is 6.07. The van der Waals surface area contributed by atoms with Crippen molar-refractivity contribution >= 4 is 44.4 Å². The summed E-state index contributed by atoms with van der Waals surface area (Å²) in [6.07, 6.45) is 5.52. The van der Waals surface area contributed by atoms with Gasteiger partial charge >= 0.3 is 6.09 Å². The predicted octanol–water partition coefficient (Wildman–Crippen LogP) is 8.22. The Balaban J connectivity index is 1.34. The minimum Gasteiger partial charge on any atom is -0.496 e. The first-order chi connectivity index (χ1) is 22.7. The van der Waals surface area contributed by atoms with Crippen molar-refractivity contribution in [2.24, 2.45) is 0 Å². The van der Waals surface area contributed by atoms with Gasteiger partial charge in [0.2, 0.25) is 5.95 Å². The Morgan fingerprint density at radius 3 is 2.44 bits per heavy atom. The third-order valence-corrected chi connectivity index (χ3v) is 10.8. The fourth-order valence-corrected chi connectivity index (χ4v) is 7.99. The minimum absolute atomic E-state index is 0.0170. The number of methoxy groups -OCH3 is 1. The molecule has 4 aromatic rings. The Bertz CT molecular complexity index is 1920. The van der Waals surface area contributed by atoms with Crippen LogP contribution in [0.5, 0.6) is 5.75 Å². The average Bonchev–Trinajstić information content (AvgIpc) is 3.04. The number of nitrogens with one attached hydrogen (secondary N) is 1. The Morgan fingerprint density at radius 1 is 1.08 bits per heavy atom. The van der Waals surface area contributed by atoms with Crippen LogP contribution in [-0.2, 0) is 26.7 Å². The van der Waals surface area contributed by atoms with Gasteiger partial charge in [-0.2, -0.15) is 0 Å². The van der Waals surface area contributed by atoms with E-state index in [1.54, 1.807) is 30.3 Å². The normalized spacial score (nSPS) is 16.8. The Labute approximate surface area is 286 Å².